The third-order valence-corrected chi connectivity index (χ3v) is 4.37. The average Bonchev–Trinajstić information content (AvgIpc) is 3.04. The van der Waals surface area contributed by atoms with Gasteiger partial charge < -0.3 is 5.32 Å². The van der Waals surface area contributed by atoms with Gasteiger partial charge in [0.15, 0.2) is 0 Å². The van der Waals surface area contributed by atoms with Crippen molar-refractivity contribution in [1.82, 2.24) is 15.1 Å². The first-order valence-electron chi connectivity index (χ1n) is 7.12. The lowest BCUT2D eigenvalue weighted by molar-refractivity contribution is 0.0902. The van der Waals surface area contributed by atoms with Crippen LogP contribution >= 0.6 is 11.6 Å². The highest BCUT2D eigenvalue weighted by Gasteiger charge is 2.27. The van der Waals surface area contributed by atoms with E-state index in [4.69, 9.17) is 11.6 Å². The zero-order valence-electron chi connectivity index (χ0n) is 12.3. The molecule has 1 heterocycles. The van der Waals surface area contributed by atoms with Crippen LogP contribution in [0.2, 0.25) is 0 Å². The molecule has 0 saturated heterocycles. The Hall–Kier alpha value is -1.81. The Labute approximate surface area is 130 Å². The molecular weight excluding hydrogens is 286 g/mol. The van der Waals surface area contributed by atoms with Gasteiger partial charge in [-0.15, -0.1) is 11.6 Å². The van der Waals surface area contributed by atoms with E-state index >= 15 is 0 Å². The Kier molecular flexibility index (Phi) is 5.02. The lowest BCUT2D eigenvalue weighted by atomic mass is 9.95. The fraction of sp³-hybridized carbons (Fsp3) is 0.375. The summed E-state index contributed by atoms with van der Waals surface area (Å²) in [5.74, 6) is 0.264. The summed E-state index contributed by atoms with van der Waals surface area (Å²) in [6.45, 7) is 4.05. The number of halogens is 1. The standard InChI is InChI=1S/C16H20ClN3O/c1-3-16(4-2,12-17)19-15(21)13-10-18-20(11-13)14-8-6-5-7-9-14/h5-11H,3-4,12H2,1-2H3,(H,19,21). The van der Waals surface area contributed by atoms with Crippen molar-refractivity contribution in [2.45, 2.75) is 32.2 Å². The Balaban J connectivity index is 2.16. The fourth-order valence-corrected chi connectivity index (χ4v) is 2.57. The van der Waals surface area contributed by atoms with Gasteiger partial charge in [-0.2, -0.15) is 5.10 Å². The Bertz CT molecular complexity index is 582. The number of hydrogen-bond donors (Lipinski definition) is 1. The van der Waals surface area contributed by atoms with E-state index in [2.05, 4.69) is 10.4 Å². The second kappa shape index (κ2) is 6.76. The number of hydrogen-bond acceptors (Lipinski definition) is 2. The molecule has 1 N–H and O–H groups in total. The van der Waals surface area contributed by atoms with Crippen LogP contribution in [0.1, 0.15) is 37.0 Å². The SMILES string of the molecule is CCC(CC)(CCl)NC(=O)c1cnn(-c2ccccc2)c1. The van der Waals surface area contributed by atoms with E-state index in [9.17, 15) is 4.79 Å². The van der Waals surface area contributed by atoms with Crippen molar-refractivity contribution in [3.63, 3.8) is 0 Å². The van der Waals surface area contributed by atoms with Crippen LogP contribution < -0.4 is 5.32 Å². The summed E-state index contributed by atoms with van der Waals surface area (Å²) in [5, 5.41) is 7.27. The number of benzene rings is 1. The zero-order valence-corrected chi connectivity index (χ0v) is 13.1. The molecule has 112 valence electrons. The maximum absolute atomic E-state index is 12.4. The van der Waals surface area contributed by atoms with Gasteiger partial charge in [0.1, 0.15) is 0 Å². The average molecular weight is 306 g/mol. The summed E-state index contributed by atoms with van der Waals surface area (Å²) in [6, 6.07) is 9.69. The predicted molar refractivity (Wildman–Crippen MR) is 85.1 cm³/mol. The summed E-state index contributed by atoms with van der Waals surface area (Å²) in [5.41, 5.74) is 1.11. The second-order valence-corrected chi connectivity index (χ2v) is 5.35. The van der Waals surface area contributed by atoms with Crippen LogP contribution in [-0.4, -0.2) is 27.1 Å². The van der Waals surface area contributed by atoms with E-state index in [0.717, 1.165) is 18.5 Å². The van der Waals surface area contributed by atoms with Crippen molar-refractivity contribution in [1.29, 1.82) is 0 Å². The molecule has 1 amide bonds. The first kappa shape index (κ1) is 15.6. The van der Waals surface area contributed by atoms with E-state index in [1.807, 2.05) is 44.2 Å². The normalized spacial score (nSPS) is 11.4. The molecule has 0 unspecified atom stereocenters. The fourth-order valence-electron chi connectivity index (χ4n) is 2.12. The molecule has 0 spiro atoms. The highest BCUT2D eigenvalue weighted by atomic mass is 35.5. The van der Waals surface area contributed by atoms with E-state index in [-0.39, 0.29) is 11.4 Å². The third-order valence-electron chi connectivity index (χ3n) is 3.85. The summed E-state index contributed by atoms with van der Waals surface area (Å²) in [4.78, 5) is 12.4. The molecule has 0 saturated carbocycles. The lowest BCUT2D eigenvalue weighted by Crippen LogP contribution is -2.49. The summed E-state index contributed by atoms with van der Waals surface area (Å²) >= 11 is 6.02. The zero-order chi connectivity index (χ0) is 15.3. The number of rotatable bonds is 6. The van der Waals surface area contributed by atoms with Crippen LogP contribution in [-0.2, 0) is 0 Å². The van der Waals surface area contributed by atoms with Crippen molar-refractivity contribution >= 4 is 17.5 Å². The predicted octanol–water partition coefficient (Wildman–Crippen LogP) is 3.40. The molecule has 1 aromatic carbocycles. The maximum atomic E-state index is 12.4. The van der Waals surface area contributed by atoms with E-state index in [0.29, 0.717) is 11.4 Å². The van der Waals surface area contributed by atoms with Crippen LogP contribution in [0.15, 0.2) is 42.7 Å². The van der Waals surface area contributed by atoms with Crippen molar-refractivity contribution in [3.05, 3.63) is 48.3 Å². The van der Waals surface area contributed by atoms with Gasteiger partial charge in [-0.25, -0.2) is 4.68 Å². The van der Waals surface area contributed by atoms with Crippen LogP contribution in [0, 0.1) is 0 Å². The van der Waals surface area contributed by atoms with Gasteiger partial charge in [0, 0.05) is 12.1 Å². The molecule has 0 atom stereocenters. The minimum Gasteiger partial charge on any atom is -0.345 e. The van der Waals surface area contributed by atoms with Crippen molar-refractivity contribution in [3.8, 4) is 5.69 Å². The first-order chi connectivity index (χ1) is 10.1. The van der Waals surface area contributed by atoms with Crippen LogP contribution in [0.5, 0.6) is 0 Å². The monoisotopic (exact) mass is 305 g/mol. The Morgan fingerprint density at radius 1 is 1.29 bits per heavy atom. The smallest absolute Gasteiger partial charge is 0.254 e. The van der Waals surface area contributed by atoms with Crippen LogP contribution in [0.3, 0.4) is 0 Å². The van der Waals surface area contributed by atoms with Gasteiger partial charge in [0.05, 0.1) is 23.0 Å². The number of nitrogens with one attached hydrogen (secondary N) is 1. The lowest BCUT2D eigenvalue weighted by Gasteiger charge is -2.30. The molecule has 0 bridgehead atoms. The number of aromatic nitrogens is 2. The molecule has 0 aliphatic heterocycles. The van der Waals surface area contributed by atoms with Crippen molar-refractivity contribution in [2.24, 2.45) is 0 Å². The van der Waals surface area contributed by atoms with Gasteiger partial charge in [-0.05, 0) is 25.0 Å². The van der Waals surface area contributed by atoms with Crippen LogP contribution in [0.4, 0.5) is 0 Å². The number of carbonyl (C=O) groups is 1. The Morgan fingerprint density at radius 3 is 2.52 bits per heavy atom. The largest absolute Gasteiger partial charge is 0.345 e. The molecule has 2 rings (SSSR count). The van der Waals surface area contributed by atoms with E-state index in [1.54, 1.807) is 17.1 Å². The molecule has 0 aliphatic carbocycles. The minimum absolute atomic E-state index is 0.137. The van der Waals surface area contributed by atoms with Gasteiger partial charge >= 0.3 is 0 Å². The number of amides is 1. The molecule has 21 heavy (non-hydrogen) atoms. The molecular formula is C16H20ClN3O. The van der Waals surface area contributed by atoms with Gasteiger partial charge in [-0.3, -0.25) is 4.79 Å². The highest BCUT2D eigenvalue weighted by Crippen LogP contribution is 2.18. The van der Waals surface area contributed by atoms with E-state index < -0.39 is 0 Å². The van der Waals surface area contributed by atoms with E-state index in [1.165, 1.54) is 0 Å². The molecule has 0 aliphatic rings. The number of nitrogens with zero attached hydrogens (tertiary/aromatic N) is 2. The van der Waals surface area contributed by atoms with Gasteiger partial charge in [-0.1, -0.05) is 32.0 Å². The minimum atomic E-state index is -0.354. The highest BCUT2D eigenvalue weighted by molar-refractivity contribution is 6.18. The molecule has 0 radical (unpaired) electrons. The number of alkyl halides is 1. The van der Waals surface area contributed by atoms with Crippen molar-refractivity contribution in [2.75, 3.05) is 5.88 Å². The first-order valence-corrected chi connectivity index (χ1v) is 7.66. The van der Waals surface area contributed by atoms with Gasteiger partial charge in [0.2, 0.25) is 0 Å². The summed E-state index contributed by atoms with van der Waals surface area (Å²) < 4.78 is 1.69. The Morgan fingerprint density at radius 2 is 1.95 bits per heavy atom. The third kappa shape index (κ3) is 3.45. The second-order valence-electron chi connectivity index (χ2n) is 5.08. The van der Waals surface area contributed by atoms with Crippen LogP contribution in [0.25, 0.3) is 5.69 Å². The maximum Gasteiger partial charge on any atom is 0.254 e. The number of para-hydroxylation sites is 1. The van der Waals surface area contributed by atoms with Crippen molar-refractivity contribution < 1.29 is 4.79 Å². The molecule has 1 aromatic heterocycles. The molecule has 5 heteroatoms. The summed E-state index contributed by atoms with van der Waals surface area (Å²) in [6.07, 6.45) is 4.90. The molecule has 0 fully saturated rings. The number of carbonyl (C=O) groups excluding carboxylic acids is 1. The molecule has 4 nitrogen and oxygen atoms in total. The molecule has 2 aromatic rings. The topological polar surface area (TPSA) is 46.9 Å². The van der Waals surface area contributed by atoms with Gasteiger partial charge in [0.25, 0.3) is 5.91 Å². The summed E-state index contributed by atoms with van der Waals surface area (Å²) in [7, 11) is 0. The quantitative estimate of drug-likeness (QED) is 0.831.